The highest BCUT2D eigenvalue weighted by atomic mass is 19.1. The Morgan fingerprint density at radius 1 is 1.45 bits per heavy atom. The highest BCUT2D eigenvalue weighted by Crippen LogP contribution is 2.39. The smallest absolute Gasteiger partial charge is 0.225 e. The van der Waals surface area contributed by atoms with E-state index >= 15 is 0 Å². The number of carbonyl (C=O) groups excluding carboxylic acids is 1. The molecule has 2 heterocycles. The number of pyridine rings is 1. The van der Waals surface area contributed by atoms with Crippen LogP contribution < -0.4 is 5.32 Å². The van der Waals surface area contributed by atoms with Gasteiger partial charge in [-0.1, -0.05) is 0 Å². The van der Waals surface area contributed by atoms with Crippen LogP contribution in [0.5, 0.6) is 5.75 Å². The number of aromatic hydroxyl groups is 1. The molecular weight excluding hydrogens is 259 g/mol. The molecule has 1 aromatic heterocycles. The molecule has 0 saturated carbocycles. The van der Waals surface area contributed by atoms with Gasteiger partial charge in [0.2, 0.25) is 5.91 Å². The Kier molecular flexibility index (Phi) is 2.89. The van der Waals surface area contributed by atoms with Crippen molar-refractivity contribution in [1.29, 1.82) is 0 Å². The quantitative estimate of drug-likeness (QED) is 0.839. The van der Waals surface area contributed by atoms with E-state index in [1.165, 1.54) is 24.4 Å². The minimum absolute atomic E-state index is 0.103. The number of aryl methyl sites for hydroxylation is 1. The van der Waals surface area contributed by atoms with E-state index in [0.717, 1.165) is 5.56 Å². The zero-order valence-corrected chi connectivity index (χ0v) is 10.9. The number of aromatic nitrogens is 1. The lowest BCUT2D eigenvalue weighted by atomic mass is 9.86. The molecule has 0 spiro atoms. The van der Waals surface area contributed by atoms with Gasteiger partial charge >= 0.3 is 0 Å². The van der Waals surface area contributed by atoms with Crippen LogP contribution in [0.4, 0.5) is 10.1 Å². The average molecular weight is 272 g/mol. The third-order valence-corrected chi connectivity index (χ3v) is 3.52. The third kappa shape index (κ3) is 2.01. The molecule has 4 nitrogen and oxygen atoms in total. The van der Waals surface area contributed by atoms with Crippen LogP contribution in [0.25, 0.3) is 0 Å². The van der Waals surface area contributed by atoms with Crippen molar-refractivity contribution in [2.45, 2.75) is 19.3 Å². The molecule has 0 radical (unpaired) electrons. The predicted molar refractivity (Wildman–Crippen MR) is 72.1 cm³/mol. The summed E-state index contributed by atoms with van der Waals surface area (Å²) < 4.78 is 13.9. The molecule has 0 saturated heterocycles. The van der Waals surface area contributed by atoms with Gasteiger partial charge in [0.1, 0.15) is 11.6 Å². The molecule has 2 aromatic rings. The summed E-state index contributed by atoms with van der Waals surface area (Å²) in [5, 5.41) is 12.4. The van der Waals surface area contributed by atoms with Crippen LogP contribution in [0.2, 0.25) is 0 Å². The Bertz CT molecular complexity index is 700. The molecule has 3 rings (SSSR count). The molecule has 1 aliphatic heterocycles. The first-order valence-corrected chi connectivity index (χ1v) is 6.30. The molecule has 20 heavy (non-hydrogen) atoms. The first kappa shape index (κ1) is 12.6. The fraction of sp³-hybridized carbons (Fsp3) is 0.200. The second-order valence-electron chi connectivity index (χ2n) is 4.90. The SMILES string of the molecule is Cc1cc2c(cc1O)NC(=O)CC2c1ncccc1F. The maximum atomic E-state index is 13.9. The normalized spacial score (nSPS) is 17.5. The summed E-state index contributed by atoms with van der Waals surface area (Å²) in [4.78, 5) is 15.8. The summed E-state index contributed by atoms with van der Waals surface area (Å²) in [5.74, 6) is -0.967. The van der Waals surface area contributed by atoms with E-state index in [2.05, 4.69) is 10.3 Å². The van der Waals surface area contributed by atoms with Crippen molar-refractivity contribution >= 4 is 11.6 Å². The summed E-state index contributed by atoms with van der Waals surface area (Å²) in [6.45, 7) is 1.76. The summed E-state index contributed by atoms with van der Waals surface area (Å²) in [6.07, 6.45) is 1.66. The van der Waals surface area contributed by atoms with Crippen molar-refractivity contribution in [2.75, 3.05) is 5.32 Å². The number of phenolic OH excluding ortho intramolecular Hbond substituents is 1. The molecule has 5 heteroatoms. The Balaban J connectivity index is 2.17. The van der Waals surface area contributed by atoms with E-state index in [0.29, 0.717) is 11.3 Å². The lowest BCUT2D eigenvalue weighted by Gasteiger charge is -2.26. The number of fused-ring (bicyclic) bond motifs is 1. The Hall–Kier alpha value is -2.43. The zero-order valence-electron chi connectivity index (χ0n) is 10.9. The van der Waals surface area contributed by atoms with Gasteiger partial charge < -0.3 is 10.4 Å². The van der Waals surface area contributed by atoms with Gasteiger partial charge in [-0.15, -0.1) is 0 Å². The fourth-order valence-electron chi connectivity index (χ4n) is 2.51. The van der Waals surface area contributed by atoms with E-state index in [-0.39, 0.29) is 23.8 Å². The van der Waals surface area contributed by atoms with E-state index in [4.69, 9.17) is 0 Å². The van der Waals surface area contributed by atoms with Crippen LogP contribution in [-0.4, -0.2) is 16.0 Å². The number of hydrogen-bond acceptors (Lipinski definition) is 3. The van der Waals surface area contributed by atoms with E-state index < -0.39 is 11.7 Å². The van der Waals surface area contributed by atoms with Crippen molar-refractivity contribution < 1.29 is 14.3 Å². The van der Waals surface area contributed by atoms with Crippen LogP contribution in [-0.2, 0) is 4.79 Å². The van der Waals surface area contributed by atoms with Gasteiger partial charge in [0.25, 0.3) is 0 Å². The van der Waals surface area contributed by atoms with Gasteiger partial charge in [-0.2, -0.15) is 0 Å². The summed E-state index contributed by atoms with van der Waals surface area (Å²) in [6, 6.07) is 6.12. The van der Waals surface area contributed by atoms with Gasteiger partial charge in [-0.05, 0) is 36.2 Å². The number of carbonyl (C=O) groups is 1. The fourth-order valence-corrected chi connectivity index (χ4v) is 2.51. The van der Waals surface area contributed by atoms with Crippen molar-refractivity contribution in [3.8, 4) is 5.75 Å². The van der Waals surface area contributed by atoms with E-state index in [1.807, 2.05) is 0 Å². The molecule has 2 N–H and O–H groups in total. The summed E-state index contributed by atoms with van der Waals surface area (Å²) >= 11 is 0. The third-order valence-electron chi connectivity index (χ3n) is 3.52. The number of amides is 1. The van der Waals surface area contributed by atoms with Crippen molar-refractivity contribution in [3.05, 3.63) is 53.1 Å². The Morgan fingerprint density at radius 2 is 2.25 bits per heavy atom. The molecule has 1 unspecified atom stereocenters. The largest absolute Gasteiger partial charge is 0.508 e. The predicted octanol–water partition coefficient (Wildman–Crippen LogP) is 2.71. The highest BCUT2D eigenvalue weighted by molar-refractivity contribution is 5.95. The molecule has 1 amide bonds. The van der Waals surface area contributed by atoms with Crippen LogP contribution in [0.1, 0.15) is 29.2 Å². The van der Waals surface area contributed by atoms with Crippen LogP contribution >= 0.6 is 0 Å². The molecule has 0 aliphatic carbocycles. The molecular formula is C15H13FN2O2. The number of nitrogens with zero attached hydrogens (tertiary/aromatic N) is 1. The molecule has 1 atom stereocenters. The van der Waals surface area contributed by atoms with Crippen LogP contribution in [0.15, 0.2) is 30.5 Å². The lowest BCUT2D eigenvalue weighted by molar-refractivity contribution is -0.116. The number of halogens is 1. The van der Waals surface area contributed by atoms with Gasteiger partial charge in [-0.3, -0.25) is 9.78 Å². The molecule has 1 aliphatic rings. The number of benzene rings is 1. The molecule has 102 valence electrons. The van der Waals surface area contributed by atoms with E-state index in [9.17, 15) is 14.3 Å². The van der Waals surface area contributed by atoms with Gasteiger partial charge in [0.15, 0.2) is 0 Å². The first-order valence-electron chi connectivity index (χ1n) is 6.30. The monoisotopic (exact) mass is 272 g/mol. The highest BCUT2D eigenvalue weighted by Gasteiger charge is 2.30. The average Bonchev–Trinajstić information content (AvgIpc) is 2.41. The van der Waals surface area contributed by atoms with E-state index in [1.54, 1.807) is 13.0 Å². The van der Waals surface area contributed by atoms with Gasteiger partial charge in [0.05, 0.1) is 5.69 Å². The number of anilines is 1. The second-order valence-corrected chi connectivity index (χ2v) is 4.90. The topological polar surface area (TPSA) is 62.2 Å². The van der Waals surface area contributed by atoms with Crippen LogP contribution in [0, 0.1) is 12.7 Å². The maximum absolute atomic E-state index is 13.9. The van der Waals surface area contributed by atoms with Gasteiger partial charge in [-0.25, -0.2) is 4.39 Å². The second kappa shape index (κ2) is 4.59. The summed E-state index contributed by atoms with van der Waals surface area (Å²) in [7, 11) is 0. The summed E-state index contributed by atoms with van der Waals surface area (Å²) in [5.41, 5.74) is 2.23. The Morgan fingerprint density at radius 3 is 3.00 bits per heavy atom. The molecule has 0 fully saturated rings. The number of nitrogens with one attached hydrogen (secondary N) is 1. The first-order chi connectivity index (χ1) is 9.56. The van der Waals surface area contributed by atoms with Crippen LogP contribution in [0.3, 0.4) is 0 Å². The standard InChI is InChI=1S/C15H13FN2O2/c1-8-5-9-10(15-11(16)3-2-4-17-15)6-14(20)18-12(9)7-13(8)19/h2-5,7,10,19H,6H2,1H3,(H,18,20). The number of rotatable bonds is 1. The number of hydrogen-bond donors (Lipinski definition) is 2. The van der Waals surface area contributed by atoms with Crippen molar-refractivity contribution in [3.63, 3.8) is 0 Å². The zero-order chi connectivity index (χ0) is 14.3. The Labute approximate surface area is 115 Å². The number of phenols is 1. The minimum atomic E-state index is -0.431. The lowest BCUT2D eigenvalue weighted by Crippen LogP contribution is -2.24. The molecule has 1 aromatic carbocycles. The van der Waals surface area contributed by atoms with Crippen molar-refractivity contribution in [2.24, 2.45) is 0 Å². The maximum Gasteiger partial charge on any atom is 0.225 e. The minimum Gasteiger partial charge on any atom is -0.508 e. The molecule has 0 bridgehead atoms. The van der Waals surface area contributed by atoms with Gasteiger partial charge in [0, 0.05) is 30.3 Å². The van der Waals surface area contributed by atoms with Crippen molar-refractivity contribution in [1.82, 2.24) is 4.98 Å².